The number of hydrogen-bond acceptors (Lipinski definition) is 5. The van der Waals surface area contributed by atoms with Gasteiger partial charge in [0.15, 0.2) is 10.9 Å². The molecule has 0 bridgehead atoms. The number of methoxy groups -OCH3 is 1. The Bertz CT molecular complexity index is 999. The number of carbonyl (C=O) groups is 1. The average molecular weight is 435 g/mol. The maximum absolute atomic E-state index is 12.0. The Kier molecular flexibility index (Phi) is 6.66. The predicted molar refractivity (Wildman–Crippen MR) is 118 cm³/mol. The van der Waals surface area contributed by atoms with Crippen molar-refractivity contribution in [2.45, 2.75) is 19.9 Å². The van der Waals surface area contributed by atoms with Gasteiger partial charge in [-0.05, 0) is 36.3 Å². The SMILES string of the molecule is CCc1cc(C(=O)OC)c(NC(=S)Nc2ccn(Cc3ccccc3Cl)n2)s1. The van der Waals surface area contributed by atoms with E-state index in [1.165, 1.54) is 18.4 Å². The number of carbonyl (C=O) groups excluding carboxylic acids is 1. The van der Waals surface area contributed by atoms with Crippen molar-refractivity contribution < 1.29 is 9.53 Å². The molecule has 2 heterocycles. The van der Waals surface area contributed by atoms with Crippen molar-refractivity contribution in [1.82, 2.24) is 9.78 Å². The van der Waals surface area contributed by atoms with Gasteiger partial charge in [0, 0.05) is 22.2 Å². The fourth-order valence-corrected chi connectivity index (χ4v) is 3.99. The Morgan fingerprint density at radius 3 is 2.82 bits per heavy atom. The lowest BCUT2D eigenvalue weighted by Gasteiger charge is -2.08. The van der Waals surface area contributed by atoms with Gasteiger partial charge in [-0.2, -0.15) is 5.10 Å². The highest BCUT2D eigenvalue weighted by Crippen LogP contribution is 2.29. The highest BCUT2D eigenvalue weighted by Gasteiger charge is 2.17. The van der Waals surface area contributed by atoms with Gasteiger partial charge in [-0.1, -0.05) is 36.7 Å². The minimum Gasteiger partial charge on any atom is -0.465 e. The number of thiocarbonyl (C=S) groups is 1. The lowest BCUT2D eigenvalue weighted by Crippen LogP contribution is -2.20. The average Bonchev–Trinajstić information content (AvgIpc) is 3.29. The Morgan fingerprint density at radius 2 is 2.11 bits per heavy atom. The van der Waals surface area contributed by atoms with Crippen molar-refractivity contribution in [3.63, 3.8) is 0 Å². The van der Waals surface area contributed by atoms with E-state index in [0.29, 0.717) is 33.1 Å². The summed E-state index contributed by atoms with van der Waals surface area (Å²) in [7, 11) is 1.36. The van der Waals surface area contributed by atoms with E-state index < -0.39 is 5.97 Å². The molecule has 0 saturated heterocycles. The van der Waals surface area contributed by atoms with Crippen LogP contribution in [-0.2, 0) is 17.7 Å². The van der Waals surface area contributed by atoms with Crippen molar-refractivity contribution in [2.24, 2.45) is 0 Å². The molecular weight excluding hydrogens is 416 g/mol. The Morgan fingerprint density at radius 1 is 1.32 bits per heavy atom. The molecule has 0 aliphatic heterocycles. The summed E-state index contributed by atoms with van der Waals surface area (Å²) in [5, 5.41) is 12.2. The molecule has 146 valence electrons. The number of rotatable bonds is 6. The molecule has 28 heavy (non-hydrogen) atoms. The van der Waals surface area contributed by atoms with E-state index in [-0.39, 0.29) is 0 Å². The maximum atomic E-state index is 12.0. The van der Waals surface area contributed by atoms with E-state index in [1.807, 2.05) is 49.5 Å². The van der Waals surface area contributed by atoms with Gasteiger partial charge in [0.2, 0.25) is 0 Å². The van der Waals surface area contributed by atoms with Crippen molar-refractivity contribution >= 4 is 57.1 Å². The minimum atomic E-state index is -0.398. The van der Waals surface area contributed by atoms with Gasteiger partial charge >= 0.3 is 5.97 Å². The molecule has 2 aromatic heterocycles. The van der Waals surface area contributed by atoms with Crippen molar-refractivity contribution in [2.75, 3.05) is 17.7 Å². The molecule has 0 aliphatic rings. The zero-order valence-electron chi connectivity index (χ0n) is 15.4. The van der Waals surface area contributed by atoms with Gasteiger partial charge in [-0.3, -0.25) is 4.68 Å². The summed E-state index contributed by atoms with van der Waals surface area (Å²) >= 11 is 13.0. The summed E-state index contributed by atoms with van der Waals surface area (Å²) in [6.45, 7) is 2.58. The smallest absolute Gasteiger partial charge is 0.340 e. The zero-order valence-corrected chi connectivity index (χ0v) is 17.7. The van der Waals surface area contributed by atoms with Gasteiger partial charge in [0.25, 0.3) is 0 Å². The van der Waals surface area contributed by atoms with Crippen LogP contribution in [0, 0.1) is 0 Å². The zero-order chi connectivity index (χ0) is 20.1. The van der Waals surface area contributed by atoms with Crippen molar-refractivity contribution in [3.05, 3.63) is 63.6 Å². The highest BCUT2D eigenvalue weighted by atomic mass is 35.5. The number of thiophene rings is 1. The molecule has 0 saturated carbocycles. The largest absolute Gasteiger partial charge is 0.465 e. The number of aromatic nitrogens is 2. The van der Waals surface area contributed by atoms with Crippen LogP contribution in [0.3, 0.4) is 0 Å². The number of halogens is 1. The second-order valence-corrected chi connectivity index (χ2v) is 7.82. The third-order valence-corrected chi connectivity index (χ3v) is 5.70. The third-order valence-electron chi connectivity index (χ3n) is 3.94. The van der Waals surface area contributed by atoms with Crippen molar-refractivity contribution in [3.8, 4) is 0 Å². The van der Waals surface area contributed by atoms with Crippen LogP contribution in [0.1, 0.15) is 27.7 Å². The Balaban J connectivity index is 1.66. The Hall–Kier alpha value is -2.42. The molecule has 3 rings (SSSR count). The van der Waals surface area contributed by atoms with Crippen LogP contribution >= 0.6 is 35.2 Å². The standard InChI is InChI=1S/C19H19ClN4O2S2/c1-3-13-10-14(18(25)26-2)17(28-13)22-19(27)21-16-8-9-24(23-16)11-12-6-4-5-7-15(12)20/h4-10H,3,11H2,1-2H3,(H2,21,22,23,27). The van der Waals surface area contributed by atoms with E-state index in [4.69, 9.17) is 28.6 Å². The fourth-order valence-electron chi connectivity index (χ4n) is 2.54. The van der Waals surface area contributed by atoms with E-state index in [2.05, 4.69) is 15.7 Å². The molecule has 0 radical (unpaired) electrons. The molecule has 0 unspecified atom stereocenters. The lowest BCUT2D eigenvalue weighted by molar-refractivity contribution is 0.0602. The van der Waals surface area contributed by atoms with E-state index in [0.717, 1.165) is 16.9 Å². The molecular formula is C19H19ClN4O2S2. The lowest BCUT2D eigenvalue weighted by atomic mass is 10.2. The second kappa shape index (κ2) is 9.18. The van der Waals surface area contributed by atoms with Crippen molar-refractivity contribution in [1.29, 1.82) is 0 Å². The van der Waals surface area contributed by atoms with E-state index in [9.17, 15) is 4.79 Å². The van der Waals surface area contributed by atoms with Crippen LogP contribution in [0.15, 0.2) is 42.6 Å². The summed E-state index contributed by atoms with van der Waals surface area (Å²) in [4.78, 5) is 13.0. The molecule has 3 aromatic rings. The number of nitrogens with zero attached hydrogens (tertiary/aromatic N) is 2. The topological polar surface area (TPSA) is 68.2 Å². The highest BCUT2D eigenvalue weighted by molar-refractivity contribution is 7.80. The fraction of sp³-hybridized carbons (Fsp3) is 0.211. The van der Waals surface area contributed by atoms with Gasteiger partial charge in [0.1, 0.15) is 5.00 Å². The number of ether oxygens (including phenoxy) is 1. The first-order valence-electron chi connectivity index (χ1n) is 8.56. The number of nitrogens with one attached hydrogen (secondary N) is 2. The number of aryl methyl sites for hydroxylation is 1. The van der Waals surface area contributed by atoms with Crippen LogP contribution < -0.4 is 10.6 Å². The molecule has 0 aliphatic carbocycles. The molecule has 0 amide bonds. The first-order valence-corrected chi connectivity index (χ1v) is 10.2. The number of anilines is 2. The van der Waals surface area contributed by atoms with Crippen LogP contribution in [0.25, 0.3) is 0 Å². The number of hydrogen-bond donors (Lipinski definition) is 2. The molecule has 9 heteroatoms. The first-order chi connectivity index (χ1) is 13.5. The van der Waals surface area contributed by atoms with Crippen LogP contribution in [-0.4, -0.2) is 28.0 Å². The molecule has 6 nitrogen and oxygen atoms in total. The third kappa shape index (κ3) is 4.89. The second-order valence-electron chi connectivity index (χ2n) is 5.87. The molecule has 0 fully saturated rings. The van der Waals surface area contributed by atoms with Gasteiger partial charge in [0.05, 0.1) is 19.2 Å². The van der Waals surface area contributed by atoms with Gasteiger partial charge in [-0.25, -0.2) is 4.79 Å². The summed E-state index contributed by atoms with van der Waals surface area (Å²) < 4.78 is 6.61. The molecule has 0 atom stereocenters. The summed E-state index contributed by atoms with van der Waals surface area (Å²) in [6, 6.07) is 11.3. The number of esters is 1. The maximum Gasteiger partial charge on any atom is 0.340 e. The van der Waals surface area contributed by atoms with Gasteiger partial charge < -0.3 is 15.4 Å². The predicted octanol–water partition coefficient (Wildman–Crippen LogP) is 4.80. The molecule has 0 spiro atoms. The summed E-state index contributed by atoms with van der Waals surface area (Å²) in [5.74, 6) is 0.196. The Labute approximate surface area is 177 Å². The van der Waals surface area contributed by atoms with Crippen LogP contribution in [0.4, 0.5) is 10.8 Å². The summed E-state index contributed by atoms with van der Waals surface area (Å²) in [6.07, 6.45) is 2.66. The number of benzene rings is 1. The van der Waals surface area contributed by atoms with Gasteiger partial charge in [-0.15, -0.1) is 11.3 Å². The van der Waals surface area contributed by atoms with E-state index >= 15 is 0 Å². The first kappa shape index (κ1) is 20.3. The molecule has 1 aromatic carbocycles. The van der Waals surface area contributed by atoms with E-state index in [1.54, 1.807) is 4.68 Å². The quantitative estimate of drug-likeness (QED) is 0.429. The summed E-state index contributed by atoms with van der Waals surface area (Å²) in [5.41, 5.74) is 1.45. The monoisotopic (exact) mass is 434 g/mol. The molecule has 2 N–H and O–H groups in total. The van der Waals surface area contributed by atoms with Crippen LogP contribution in [0.5, 0.6) is 0 Å². The van der Waals surface area contributed by atoms with Crippen LogP contribution in [0.2, 0.25) is 5.02 Å². The minimum absolute atomic E-state index is 0.345. The normalized spacial score (nSPS) is 10.5.